The Bertz CT molecular complexity index is 1040. The van der Waals surface area contributed by atoms with E-state index in [2.05, 4.69) is 26.2 Å². The highest BCUT2D eigenvalue weighted by atomic mass is 79.9. The van der Waals surface area contributed by atoms with E-state index in [1.807, 2.05) is 42.5 Å². The summed E-state index contributed by atoms with van der Waals surface area (Å²) in [5, 5.41) is 3.13. The lowest BCUT2D eigenvalue weighted by atomic mass is 9.91. The van der Waals surface area contributed by atoms with Crippen molar-refractivity contribution in [3.8, 4) is 17.2 Å². The summed E-state index contributed by atoms with van der Waals surface area (Å²) < 4.78 is 12.7. The van der Waals surface area contributed by atoms with Gasteiger partial charge in [0.25, 0.3) is 5.91 Å². The average molecular weight is 496 g/mol. The van der Waals surface area contributed by atoms with Crippen molar-refractivity contribution in [2.45, 2.75) is 44.4 Å². The maximum absolute atomic E-state index is 13.0. The van der Waals surface area contributed by atoms with E-state index in [0.29, 0.717) is 29.4 Å². The van der Waals surface area contributed by atoms with Gasteiger partial charge in [0, 0.05) is 35.5 Å². The number of nitrogens with two attached hydrogens (primary N) is 1. The predicted octanol–water partition coefficient (Wildman–Crippen LogP) is 5.22. The van der Waals surface area contributed by atoms with Crippen LogP contribution in [0, 0.1) is 0 Å². The van der Waals surface area contributed by atoms with Crippen molar-refractivity contribution in [3.63, 3.8) is 0 Å². The number of para-hydroxylation sites is 1. The van der Waals surface area contributed by atoms with Gasteiger partial charge in [-0.2, -0.15) is 0 Å². The number of carbonyl (C=O) groups is 1. The number of carbonyl (C=O) groups excluding carboxylic acids is 1. The van der Waals surface area contributed by atoms with Crippen LogP contribution in [0.1, 0.15) is 41.6 Å². The van der Waals surface area contributed by atoms with Crippen LogP contribution in [-0.2, 0) is 6.61 Å². The molecule has 1 aromatic heterocycles. The van der Waals surface area contributed by atoms with Gasteiger partial charge in [0.1, 0.15) is 28.5 Å². The van der Waals surface area contributed by atoms with Gasteiger partial charge in [-0.25, -0.2) is 4.98 Å². The van der Waals surface area contributed by atoms with E-state index in [1.54, 1.807) is 24.4 Å². The Hall–Kier alpha value is -2.90. The number of nitrogens with zero attached hydrogens (tertiary/aromatic N) is 1. The normalized spacial score (nSPS) is 18.1. The van der Waals surface area contributed by atoms with Crippen molar-refractivity contribution in [1.82, 2.24) is 10.3 Å². The average Bonchev–Trinajstić information content (AvgIpc) is 2.81. The summed E-state index contributed by atoms with van der Waals surface area (Å²) in [6.07, 6.45) is 5.39. The molecule has 3 N–H and O–H groups in total. The van der Waals surface area contributed by atoms with Crippen LogP contribution < -0.4 is 20.5 Å². The van der Waals surface area contributed by atoms with Crippen molar-refractivity contribution < 1.29 is 14.3 Å². The van der Waals surface area contributed by atoms with E-state index < -0.39 is 0 Å². The molecule has 1 aliphatic rings. The molecule has 0 saturated heterocycles. The summed E-state index contributed by atoms with van der Waals surface area (Å²) >= 11 is 3.33. The molecule has 0 atom stereocenters. The van der Waals surface area contributed by atoms with Crippen molar-refractivity contribution in [3.05, 3.63) is 82.6 Å². The zero-order valence-electron chi connectivity index (χ0n) is 17.7. The summed E-state index contributed by atoms with van der Waals surface area (Å²) in [6, 6.07) is 18.9. The molecule has 0 aliphatic heterocycles. The summed E-state index contributed by atoms with van der Waals surface area (Å²) in [5.41, 5.74) is 7.41. The fourth-order valence-electron chi connectivity index (χ4n) is 3.66. The van der Waals surface area contributed by atoms with E-state index in [-0.39, 0.29) is 18.0 Å². The van der Waals surface area contributed by atoms with Crippen LogP contribution in [0.3, 0.4) is 0 Å². The van der Waals surface area contributed by atoms with Crippen molar-refractivity contribution >= 4 is 21.8 Å². The first-order chi connectivity index (χ1) is 15.5. The van der Waals surface area contributed by atoms with Gasteiger partial charge in [0.15, 0.2) is 0 Å². The van der Waals surface area contributed by atoms with E-state index in [0.717, 1.165) is 35.8 Å². The fourth-order valence-corrected chi connectivity index (χ4v) is 3.90. The molecule has 4 rings (SSSR count). The van der Waals surface area contributed by atoms with Crippen LogP contribution in [0.5, 0.6) is 17.2 Å². The molecule has 166 valence electrons. The summed E-state index contributed by atoms with van der Waals surface area (Å²) in [5.74, 6) is 1.64. The number of hydrogen-bond acceptors (Lipinski definition) is 5. The summed E-state index contributed by atoms with van der Waals surface area (Å²) in [7, 11) is 0. The minimum atomic E-state index is -0.140. The Labute approximate surface area is 196 Å². The molecule has 1 fully saturated rings. The number of ether oxygens (including phenoxy) is 2. The third-order valence-electron chi connectivity index (χ3n) is 5.42. The Morgan fingerprint density at radius 2 is 1.75 bits per heavy atom. The number of benzene rings is 2. The van der Waals surface area contributed by atoms with Crippen LogP contribution in [-0.4, -0.2) is 23.0 Å². The fraction of sp³-hybridized carbons (Fsp3) is 0.280. The van der Waals surface area contributed by atoms with Gasteiger partial charge in [-0.1, -0.05) is 24.3 Å². The number of hydrogen-bond donors (Lipinski definition) is 2. The Balaban J connectivity index is 1.52. The topological polar surface area (TPSA) is 86.5 Å². The van der Waals surface area contributed by atoms with Crippen molar-refractivity contribution in [2.75, 3.05) is 0 Å². The smallest absolute Gasteiger partial charge is 0.251 e. The Morgan fingerprint density at radius 1 is 1.00 bits per heavy atom. The molecule has 0 spiro atoms. The molecule has 3 aromatic rings. The maximum atomic E-state index is 13.0. The van der Waals surface area contributed by atoms with Crippen molar-refractivity contribution in [1.29, 1.82) is 0 Å². The lowest BCUT2D eigenvalue weighted by Gasteiger charge is -2.26. The van der Waals surface area contributed by atoms with Crippen LogP contribution >= 0.6 is 15.9 Å². The highest BCUT2D eigenvalue weighted by molar-refractivity contribution is 9.10. The highest BCUT2D eigenvalue weighted by Crippen LogP contribution is 2.28. The number of aromatic nitrogens is 1. The van der Waals surface area contributed by atoms with Crippen LogP contribution in [0.4, 0.5) is 0 Å². The van der Waals surface area contributed by atoms with Gasteiger partial charge < -0.3 is 20.5 Å². The first-order valence-corrected chi connectivity index (χ1v) is 11.5. The second-order valence-corrected chi connectivity index (χ2v) is 8.78. The first-order valence-electron chi connectivity index (χ1n) is 10.7. The molecule has 7 heteroatoms. The number of halogens is 1. The molecular weight excluding hydrogens is 470 g/mol. The lowest BCUT2D eigenvalue weighted by Crippen LogP contribution is -2.40. The van der Waals surface area contributed by atoms with Gasteiger partial charge in [0.2, 0.25) is 0 Å². The third-order valence-corrected chi connectivity index (χ3v) is 5.89. The first kappa shape index (κ1) is 22.3. The number of amides is 1. The molecule has 1 saturated carbocycles. The SMILES string of the molecule is NC1CCC(NC(=O)c2cc(OCc3ccc(Br)nc3)cc(Oc3ccccc3)c2)CC1. The van der Waals surface area contributed by atoms with Gasteiger partial charge in [-0.3, -0.25) is 4.79 Å². The van der Waals surface area contributed by atoms with Gasteiger partial charge in [0.05, 0.1) is 0 Å². The molecule has 32 heavy (non-hydrogen) atoms. The van der Waals surface area contributed by atoms with Crippen molar-refractivity contribution in [2.24, 2.45) is 5.73 Å². The molecule has 6 nitrogen and oxygen atoms in total. The molecule has 0 unspecified atom stereocenters. The summed E-state index contributed by atoms with van der Waals surface area (Å²) in [4.78, 5) is 17.2. The van der Waals surface area contributed by atoms with Crippen LogP contribution in [0.15, 0.2) is 71.5 Å². The minimum absolute atomic E-state index is 0.138. The number of nitrogens with one attached hydrogen (secondary N) is 1. The zero-order chi connectivity index (χ0) is 22.3. The Kier molecular flexibility index (Phi) is 7.39. The molecule has 1 aliphatic carbocycles. The quantitative estimate of drug-likeness (QED) is 0.439. The minimum Gasteiger partial charge on any atom is -0.489 e. The van der Waals surface area contributed by atoms with E-state index in [9.17, 15) is 4.79 Å². The zero-order valence-corrected chi connectivity index (χ0v) is 19.3. The highest BCUT2D eigenvalue weighted by Gasteiger charge is 2.21. The molecule has 0 radical (unpaired) electrons. The second kappa shape index (κ2) is 10.6. The largest absolute Gasteiger partial charge is 0.489 e. The van der Waals surface area contributed by atoms with Gasteiger partial charge in [-0.15, -0.1) is 0 Å². The van der Waals surface area contributed by atoms with Crippen LogP contribution in [0.2, 0.25) is 0 Å². The van der Waals surface area contributed by atoms with Gasteiger partial charge in [-0.05, 0) is 71.9 Å². The second-order valence-electron chi connectivity index (χ2n) is 7.97. The standard InChI is InChI=1S/C25H26BrN3O3/c26-24-11-6-17(15-28-24)16-31-22-12-18(25(30)29-20-9-7-19(27)8-10-20)13-23(14-22)32-21-4-2-1-3-5-21/h1-6,11-15,19-20H,7-10,16,27H2,(H,29,30). The number of rotatable bonds is 7. The summed E-state index contributed by atoms with van der Waals surface area (Å²) in [6.45, 7) is 0.330. The third kappa shape index (κ3) is 6.31. The molecule has 1 heterocycles. The van der Waals surface area contributed by atoms with Crippen LogP contribution in [0.25, 0.3) is 0 Å². The maximum Gasteiger partial charge on any atom is 0.251 e. The predicted molar refractivity (Wildman–Crippen MR) is 127 cm³/mol. The lowest BCUT2D eigenvalue weighted by molar-refractivity contribution is 0.0925. The van der Waals surface area contributed by atoms with E-state index in [4.69, 9.17) is 15.2 Å². The van der Waals surface area contributed by atoms with E-state index >= 15 is 0 Å². The molecule has 0 bridgehead atoms. The Morgan fingerprint density at radius 3 is 2.47 bits per heavy atom. The molecule has 1 amide bonds. The molecule has 2 aromatic carbocycles. The van der Waals surface area contributed by atoms with Gasteiger partial charge >= 0.3 is 0 Å². The van der Waals surface area contributed by atoms with E-state index in [1.165, 1.54) is 0 Å². The monoisotopic (exact) mass is 495 g/mol. The number of pyridine rings is 1. The molecular formula is C25H26BrN3O3.